The number of nitrogens with one attached hydrogen (secondary N) is 1. The van der Waals surface area contributed by atoms with Gasteiger partial charge in [0.2, 0.25) is 5.89 Å². The highest BCUT2D eigenvalue weighted by atomic mass is 16.5. The Morgan fingerprint density at radius 3 is 2.75 bits per heavy atom. The Morgan fingerprint density at radius 2 is 2.10 bits per heavy atom. The second-order valence-corrected chi connectivity index (χ2v) is 5.70. The van der Waals surface area contributed by atoms with Gasteiger partial charge in [0, 0.05) is 18.3 Å². The van der Waals surface area contributed by atoms with Gasteiger partial charge in [-0.3, -0.25) is 0 Å². The molecule has 6 heteroatoms. The summed E-state index contributed by atoms with van der Waals surface area (Å²) in [5.41, 5.74) is 0. The molecule has 2 aromatic rings. The maximum atomic E-state index is 5.22. The van der Waals surface area contributed by atoms with E-state index in [0.717, 1.165) is 18.9 Å². The van der Waals surface area contributed by atoms with E-state index >= 15 is 0 Å². The summed E-state index contributed by atoms with van der Waals surface area (Å²) in [7, 11) is 0. The topological polar surface area (TPSA) is 68.8 Å². The quantitative estimate of drug-likeness (QED) is 0.840. The minimum atomic E-state index is 0.256. The second kappa shape index (κ2) is 6.65. The highest BCUT2D eigenvalue weighted by Crippen LogP contribution is 2.11. The van der Waals surface area contributed by atoms with Gasteiger partial charge in [0.1, 0.15) is 5.82 Å². The number of hydrogen-bond donors (Lipinski definition) is 1. The van der Waals surface area contributed by atoms with Crippen LogP contribution in [0, 0.1) is 5.92 Å². The standard InChI is InChI=1S/C14H23N5O/c1-10(2)7-15-8-13-16-5-6-19(13)9-12-17-14(11(3)4)20-18-12/h5-6,10-11,15H,7-9H2,1-4H3. The molecular formula is C14H23N5O. The molecule has 0 aliphatic heterocycles. The van der Waals surface area contributed by atoms with Crippen LogP contribution in [0.2, 0.25) is 0 Å². The van der Waals surface area contributed by atoms with Crippen LogP contribution in [0.3, 0.4) is 0 Å². The molecule has 0 spiro atoms. The van der Waals surface area contributed by atoms with Gasteiger partial charge in [-0.25, -0.2) is 4.98 Å². The molecule has 20 heavy (non-hydrogen) atoms. The smallest absolute Gasteiger partial charge is 0.229 e. The average Bonchev–Trinajstić information content (AvgIpc) is 2.99. The third kappa shape index (κ3) is 3.90. The zero-order valence-corrected chi connectivity index (χ0v) is 12.6. The van der Waals surface area contributed by atoms with Gasteiger partial charge in [-0.1, -0.05) is 32.9 Å². The number of aromatic nitrogens is 4. The summed E-state index contributed by atoms with van der Waals surface area (Å²) in [4.78, 5) is 8.75. The third-order valence-electron chi connectivity index (χ3n) is 2.93. The first-order valence-electron chi connectivity index (χ1n) is 7.09. The Bertz CT molecular complexity index is 529. The van der Waals surface area contributed by atoms with Gasteiger partial charge >= 0.3 is 0 Å². The van der Waals surface area contributed by atoms with Crippen molar-refractivity contribution in [3.63, 3.8) is 0 Å². The molecule has 0 aliphatic rings. The summed E-state index contributed by atoms with van der Waals surface area (Å²) in [5.74, 6) is 3.24. The Morgan fingerprint density at radius 1 is 1.30 bits per heavy atom. The van der Waals surface area contributed by atoms with E-state index in [-0.39, 0.29) is 5.92 Å². The first-order chi connectivity index (χ1) is 9.56. The van der Waals surface area contributed by atoms with Crippen LogP contribution in [-0.2, 0) is 13.1 Å². The van der Waals surface area contributed by atoms with Crippen molar-refractivity contribution in [2.75, 3.05) is 6.54 Å². The minimum Gasteiger partial charge on any atom is -0.339 e. The number of hydrogen-bond acceptors (Lipinski definition) is 5. The summed E-state index contributed by atoms with van der Waals surface area (Å²) in [6.07, 6.45) is 3.74. The van der Waals surface area contributed by atoms with Crippen molar-refractivity contribution >= 4 is 0 Å². The lowest BCUT2D eigenvalue weighted by Gasteiger charge is -2.08. The molecule has 0 unspecified atom stereocenters. The van der Waals surface area contributed by atoms with Crippen molar-refractivity contribution in [2.24, 2.45) is 5.92 Å². The zero-order valence-electron chi connectivity index (χ0n) is 12.6. The molecule has 2 aromatic heterocycles. The summed E-state index contributed by atoms with van der Waals surface area (Å²) >= 11 is 0. The van der Waals surface area contributed by atoms with E-state index in [4.69, 9.17) is 4.52 Å². The first-order valence-corrected chi connectivity index (χ1v) is 7.09. The first kappa shape index (κ1) is 14.7. The van der Waals surface area contributed by atoms with Gasteiger partial charge in [-0.05, 0) is 12.5 Å². The van der Waals surface area contributed by atoms with Crippen LogP contribution >= 0.6 is 0 Å². The van der Waals surface area contributed by atoms with E-state index in [2.05, 4.69) is 34.3 Å². The summed E-state index contributed by atoms with van der Waals surface area (Å²) in [5, 5.41) is 7.40. The third-order valence-corrected chi connectivity index (χ3v) is 2.93. The van der Waals surface area contributed by atoms with Gasteiger partial charge in [0.25, 0.3) is 0 Å². The molecule has 1 N–H and O–H groups in total. The fourth-order valence-electron chi connectivity index (χ4n) is 1.84. The molecule has 110 valence electrons. The van der Waals surface area contributed by atoms with Crippen molar-refractivity contribution < 1.29 is 4.52 Å². The van der Waals surface area contributed by atoms with E-state index in [1.54, 1.807) is 6.20 Å². The lowest BCUT2D eigenvalue weighted by Crippen LogP contribution is -2.21. The van der Waals surface area contributed by atoms with Crippen LogP contribution in [-0.4, -0.2) is 26.2 Å². The normalized spacial score (nSPS) is 11.7. The van der Waals surface area contributed by atoms with Crippen molar-refractivity contribution in [3.8, 4) is 0 Å². The van der Waals surface area contributed by atoms with Crippen LogP contribution in [0.25, 0.3) is 0 Å². The van der Waals surface area contributed by atoms with Crippen molar-refractivity contribution in [1.29, 1.82) is 0 Å². The number of imidazole rings is 1. The average molecular weight is 277 g/mol. The van der Waals surface area contributed by atoms with E-state index in [1.165, 1.54) is 0 Å². The maximum Gasteiger partial charge on any atom is 0.229 e. The van der Waals surface area contributed by atoms with Crippen LogP contribution in [0.5, 0.6) is 0 Å². The van der Waals surface area contributed by atoms with Crippen LogP contribution in [0.4, 0.5) is 0 Å². The Hall–Kier alpha value is -1.69. The van der Waals surface area contributed by atoms with E-state index in [0.29, 0.717) is 24.2 Å². The summed E-state index contributed by atoms with van der Waals surface area (Å²) in [6.45, 7) is 10.8. The van der Waals surface area contributed by atoms with Crippen molar-refractivity contribution in [2.45, 2.75) is 46.7 Å². The molecule has 2 heterocycles. The maximum absolute atomic E-state index is 5.22. The molecule has 0 fully saturated rings. The molecule has 0 saturated carbocycles. The molecule has 6 nitrogen and oxygen atoms in total. The predicted octanol–water partition coefficient (Wildman–Crippen LogP) is 2.18. The van der Waals surface area contributed by atoms with Crippen molar-refractivity contribution in [3.05, 3.63) is 29.9 Å². The second-order valence-electron chi connectivity index (χ2n) is 5.70. The van der Waals surface area contributed by atoms with Crippen LogP contribution in [0.15, 0.2) is 16.9 Å². The van der Waals surface area contributed by atoms with E-state index < -0.39 is 0 Å². The highest BCUT2D eigenvalue weighted by molar-refractivity contribution is 4.98. The molecule has 0 bridgehead atoms. The minimum absolute atomic E-state index is 0.256. The Balaban J connectivity index is 1.97. The number of rotatable bonds is 7. The van der Waals surface area contributed by atoms with Gasteiger partial charge in [-0.2, -0.15) is 4.98 Å². The van der Waals surface area contributed by atoms with Crippen molar-refractivity contribution in [1.82, 2.24) is 25.0 Å². The lowest BCUT2D eigenvalue weighted by atomic mass is 10.2. The highest BCUT2D eigenvalue weighted by Gasteiger charge is 2.11. The van der Waals surface area contributed by atoms with Crippen LogP contribution < -0.4 is 5.32 Å². The molecular weight excluding hydrogens is 254 g/mol. The summed E-state index contributed by atoms with van der Waals surface area (Å²) in [6, 6.07) is 0. The van der Waals surface area contributed by atoms with Crippen LogP contribution in [0.1, 0.15) is 51.2 Å². The molecule has 0 aliphatic carbocycles. The molecule has 0 atom stereocenters. The SMILES string of the molecule is CC(C)CNCc1nccn1Cc1noc(C(C)C)n1. The monoisotopic (exact) mass is 277 g/mol. The molecule has 0 amide bonds. The molecule has 0 radical (unpaired) electrons. The van der Waals surface area contributed by atoms with Gasteiger partial charge in [-0.15, -0.1) is 0 Å². The molecule has 0 aromatic carbocycles. The van der Waals surface area contributed by atoms with E-state index in [9.17, 15) is 0 Å². The predicted molar refractivity (Wildman–Crippen MR) is 76.3 cm³/mol. The lowest BCUT2D eigenvalue weighted by molar-refractivity contribution is 0.359. The Labute approximate surface area is 119 Å². The summed E-state index contributed by atoms with van der Waals surface area (Å²) < 4.78 is 7.26. The zero-order chi connectivity index (χ0) is 14.5. The molecule has 2 rings (SSSR count). The largest absolute Gasteiger partial charge is 0.339 e. The van der Waals surface area contributed by atoms with E-state index in [1.807, 2.05) is 24.6 Å². The van der Waals surface area contributed by atoms with Gasteiger partial charge in [0.05, 0.1) is 13.1 Å². The molecule has 0 saturated heterocycles. The fraction of sp³-hybridized carbons (Fsp3) is 0.643. The van der Waals surface area contributed by atoms with Gasteiger partial charge < -0.3 is 14.4 Å². The number of nitrogens with zero attached hydrogens (tertiary/aromatic N) is 4. The Kier molecular flexibility index (Phi) is 4.89. The fourth-order valence-corrected chi connectivity index (χ4v) is 1.84. The van der Waals surface area contributed by atoms with Gasteiger partial charge in [0.15, 0.2) is 5.82 Å².